The largest absolute Gasteiger partial charge is 0.477 e. The van der Waals surface area contributed by atoms with Gasteiger partial charge in [-0.15, -0.1) is 11.3 Å². The highest BCUT2D eigenvalue weighted by atomic mass is 32.1. The Labute approximate surface area is 181 Å². The van der Waals surface area contributed by atoms with Gasteiger partial charge in [-0.3, -0.25) is 4.79 Å². The molecule has 1 fully saturated rings. The second-order valence-electron chi connectivity index (χ2n) is 7.68. The van der Waals surface area contributed by atoms with Crippen LogP contribution in [-0.2, 0) is 11.2 Å². The first-order chi connectivity index (χ1) is 14.5. The third-order valence-electron chi connectivity index (χ3n) is 5.44. The normalized spacial score (nSPS) is 17.7. The Morgan fingerprint density at radius 3 is 2.67 bits per heavy atom. The first-order valence-electron chi connectivity index (χ1n) is 10.6. The van der Waals surface area contributed by atoms with Crippen molar-refractivity contribution >= 4 is 28.9 Å². The predicted molar refractivity (Wildman–Crippen MR) is 120 cm³/mol. The third kappa shape index (κ3) is 5.58. The maximum atomic E-state index is 12.5. The van der Waals surface area contributed by atoms with Crippen LogP contribution in [0.2, 0.25) is 0 Å². The van der Waals surface area contributed by atoms with Crippen molar-refractivity contribution in [1.82, 2.24) is 0 Å². The van der Waals surface area contributed by atoms with E-state index in [1.165, 1.54) is 11.3 Å². The molecule has 0 radical (unpaired) electrons. The number of carboxylic acid groups (broad SMARTS) is 1. The molecule has 0 spiro atoms. The van der Waals surface area contributed by atoms with Crippen molar-refractivity contribution < 1.29 is 19.8 Å². The van der Waals surface area contributed by atoms with E-state index in [0.717, 1.165) is 48.2 Å². The minimum Gasteiger partial charge on any atom is -0.477 e. The molecule has 5 nitrogen and oxygen atoms in total. The Hall–Kier alpha value is -2.44. The zero-order valence-corrected chi connectivity index (χ0v) is 18.1. The van der Waals surface area contributed by atoms with Gasteiger partial charge in [0.1, 0.15) is 4.88 Å². The number of anilines is 1. The minimum atomic E-state index is -0.901. The summed E-state index contributed by atoms with van der Waals surface area (Å²) in [5.74, 6) is -0.799. The molecule has 2 atom stereocenters. The number of carbonyl (C=O) groups excluding carboxylic acids is 1. The van der Waals surface area contributed by atoms with Crippen molar-refractivity contribution in [3.63, 3.8) is 0 Å². The number of hydrogen-bond acceptors (Lipinski definition) is 4. The van der Waals surface area contributed by atoms with Crippen LogP contribution in [0.4, 0.5) is 5.69 Å². The maximum Gasteiger partial charge on any atom is 0.345 e. The Morgan fingerprint density at radius 2 is 2.00 bits per heavy atom. The number of amides is 1. The average Bonchev–Trinajstić information content (AvgIpc) is 3.35. The molecule has 2 heterocycles. The van der Waals surface area contributed by atoms with Crippen LogP contribution < -0.4 is 4.90 Å². The number of thiophene rings is 1. The number of nitrogens with zero attached hydrogens (tertiary/aromatic N) is 1. The first kappa shape index (κ1) is 22.2. The molecule has 1 unspecified atom stereocenters. The van der Waals surface area contributed by atoms with Gasteiger partial charge < -0.3 is 15.1 Å². The van der Waals surface area contributed by atoms with Crippen LogP contribution >= 0.6 is 11.3 Å². The lowest BCUT2D eigenvalue weighted by molar-refractivity contribution is -0.117. The molecular formula is C24H29NO4S. The summed E-state index contributed by atoms with van der Waals surface area (Å²) in [6.45, 7) is 2.15. The number of carboxylic acids is 1. The van der Waals surface area contributed by atoms with Gasteiger partial charge in [-0.25, -0.2) is 4.79 Å². The number of benzene rings is 1. The molecule has 30 heavy (non-hydrogen) atoms. The number of aliphatic hydroxyl groups excluding tert-OH is 1. The third-order valence-corrected chi connectivity index (χ3v) is 6.54. The summed E-state index contributed by atoms with van der Waals surface area (Å²) in [6, 6.07) is 11.1. The van der Waals surface area contributed by atoms with Crippen molar-refractivity contribution in [2.45, 2.75) is 64.0 Å². The van der Waals surface area contributed by atoms with Crippen LogP contribution in [0.15, 0.2) is 48.6 Å². The molecule has 2 N–H and O–H groups in total. The molecule has 1 aliphatic rings. The molecule has 2 aromatic rings. The highest BCUT2D eigenvalue weighted by Gasteiger charge is 2.30. The van der Waals surface area contributed by atoms with E-state index in [1.807, 2.05) is 47.4 Å². The Balaban J connectivity index is 1.63. The van der Waals surface area contributed by atoms with E-state index >= 15 is 0 Å². The van der Waals surface area contributed by atoms with E-state index in [2.05, 4.69) is 6.92 Å². The molecule has 160 valence electrons. The predicted octanol–water partition coefficient (Wildman–Crippen LogP) is 5.35. The fraction of sp³-hybridized carbons (Fsp3) is 0.417. The van der Waals surface area contributed by atoms with Crippen molar-refractivity contribution in [3.05, 3.63) is 63.9 Å². The molecule has 0 bridgehead atoms. The molecule has 3 rings (SSSR count). The van der Waals surface area contributed by atoms with Gasteiger partial charge in [-0.05, 0) is 49.1 Å². The van der Waals surface area contributed by atoms with E-state index in [-0.39, 0.29) is 11.9 Å². The number of carbonyl (C=O) groups is 2. The van der Waals surface area contributed by atoms with Crippen LogP contribution in [0.3, 0.4) is 0 Å². The van der Waals surface area contributed by atoms with Crippen molar-refractivity contribution in [1.29, 1.82) is 0 Å². The Kier molecular flexibility index (Phi) is 7.82. The number of allylic oxidation sites excluding steroid dienone is 1. The van der Waals surface area contributed by atoms with Gasteiger partial charge in [0, 0.05) is 17.0 Å². The van der Waals surface area contributed by atoms with Gasteiger partial charge in [0.25, 0.3) is 0 Å². The second kappa shape index (κ2) is 10.5. The lowest BCUT2D eigenvalue weighted by Crippen LogP contribution is -2.31. The lowest BCUT2D eigenvalue weighted by Gasteiger charge is -2.23. The maximum absolute atomic E-state index is 12.5. The number of aliphatic hydroxyl groups is 1. The van der Waals surface area contributed by atoms with Crippen LogP contribution in [0.5, 0.6) is 0 Å². The van der Waals surface area contributed by atoms with Gasteiger partial charge in [0.05, 0.1) is 12.1 Å². The molecule has 1 aromatic carbocycles. The van der Waals surface area contributed by atoms with Crippen LogP contribution in [0.25, 0.3) is 0 Å². The smallest absolute Gasteiger partial charge is 0.345 e. The van der Waals surface area contributed by atoms with Crippen LogP contribution in [0, 0.1) is 0 Å². The fourth-order valence-corrected chi connectivity index (χ4v) is 4.60. The SMILES string of the molecule is CCCCC[C@H](O)c1ccc(N2C(=O)CCC2/C=C\Cc2ccc(C(=O)O)s2)cc1. The van der Waals surface area contributed by atoms with Crippen molar-refractivity contribution in [3.8, 4) is 0 Å². The summed E-state index contributed by atoms with van der Waals surface area (Å²) in [5.41, 5.74) is 1.74. The summed E-state index contributed by atoms with van der Waals surface area (Å²) in [6.07, 6.45) is 9.54. The quantitative estimate of drug-likeness (QED) is 0.395. The van der Waals surface area contributed by atoms with E-state index < -0.39 is 12.1 Å². The standard InChI is InChI=1S/C24H29NO4S/c1-2-3-4-8-21(26)17-9-11-19(12-10-17)25-18(13-16-23(25)27)6-5-7-20-14-15-22(30-20)24(28)29/h5-6,9-12,14-15,18,21,26H,2-4,7-8,13,16H2,1H3,(H,28,29)/b6-5-/t18?,21-/m0/s1. The Morgan fingerprint density at radius 1 is 1.23 bits per heavy atom. The summed E-state index contributed by atoms with van der Waals surface area (Å²) in [7, 11) is 0. The van der Waals surface area contributed by atoms with Gasteiger partial charge in [-0.2, -0.15) is 0 Å². The first-order valence-corrected chi connectivity index (χ1v) is 11.4. The lowest BCUT2D eigenvalue weighted by atomic mass is 10.0. The number of unbranched alkanes of at least 4 members (excludes halogenated alkanes) is 2. The topological polar surface area (TPSA) is 77.8 Å². The summed E-state index contributed by atoms with van der Waals surface area (Å²) in [5, 5.41) is 19.4. The van der Waals surface area contributed by atoms with Crippen molar-refractivity contribution in [2.75, 3.05) is 4.90 Å². The molecule has 1 aliphatic heterocycles. The molecule has 1 saturated heterocycles. The number of hydrogen-bond donors (Lipinski definition) is 2. The van der Waals surface area contributed by atoms with E-state index in [1.54, 1.807) is 6.07 Å². The molecule has 0 saturated carbocycles. The van der Waals surface area contributed by atoms with E-state index in [0.29, 0.717) is 17.7 Å². The van der Waals surface area contributed by atoms with Gasteiger partial charge in [0.2, 0.25) is 5.91 Å². The molecule has 1 amide bonds. The zero-order valence-electron chi connectivity index (χ0n) is 17.3. The highest BCUT2D eigenvalue weighted by Crippen LogP contribution is 2.30. The summed E-state index contributed by atoms with van der Waals surface area (Å²) >= 11 is 1.28. The summed E-state index contributed by atoms with van der Waals surface area (Å²) in [4.78, 5) is 26.6. The van der Waals surface area contributed by atoms with Crippen LogP contribution in [-0.4, -0.2) is 28.1 Å². The highest BCUT2D eigenvalue weighted by molar-refractivity contribution is 7.13. The van der Waals surface area contributed by atoms with Gasteiger partial charge in [-0.1, -0.05) is 50.5 Å². The minimum absolute atomic E-state index is 0.00302. The number of aromatic carboxylic acids is 1. The summed E-state index contributed by atoms with van der Waals surface area (Å²) < 4.78 is 0. The molecule has 0 aliphatic carbocycles. The monoisotopic (exact) mass is 427 g/mol. The van der Waals surface area contributed by atoms with Gasteiger partial charge in [0.15, 0.2) is 0 Å². The molecule has 6 heteroatoms. The van der Waals surface area contributed by atoms with E-state index in [4.69, 9.17) is 5.11 Å². The Bertz CT molecular complexity index is 887. The molecular weight excluding hydrogens is 398 g/mol. The van der Waals surface area contributed by atoms with Crippen molar-refractivity contribution in [2.24, 2.45) is 0 Å². The molecule has 1 aromatic heterocycles. The number of rotatable bonds is 10. The fourth-order valence-electron chi connectivity index (χ4n) is 3.78. The van der Waals surface area contributed by atoms with Crippen LogP contribution in [0.1, 0.15) is 71.7 Å². The van der Waals surface area contributed by atoms with Gasteiger partial charge >= 0.3 is 5.97 Å². The van der Waals surface area contributed by atoms with E-state index in [9.17, 15) is 14.7 Å². The second-order valence-corrected chi connectivity index (χ2v) is 8.84. The zero-order chi connectivity index (χ0) is 21.5. The average molecular weight is 428 g/mol.